The molecule has 1 N–H and O–H groups in total. The van der Waals surface area contributed by atoms with E-state index in [-0.39, 0.29) is 5.78 Å². The number of ether oxygens (including phenoxy) is 3. The third kappa shape index (κ3) is 3.27. The van der Waals surface area contributed by atoms with Crippen LogP contribution in [0.5, 0.6) is 11.5 Å². The van der Waals surface area contributed by atoms with Crippen LogP contribution in [0, 0.1) is 0 Å². The number of hydrogen-bond donors (Lipinski definition) is 1. The Kier molecular flexibility index (Phi) is 5.50. The molecular formula is C24H22ClNO5. The first-order valence-electron chi connectivity index (χ1n) is 9.87. The number of rotatable bonds is 5. The summed E-state index contributed by atoms with van der Waals surface area (Å²) in [6.45, 7) is 4.07. The van der Waals surface area contributed by atoms with Crippen LogP contribution >= 0.6 is 11.6 Å². The maximum atomic E-state index is 13.5. The van der Waals surface area contributed by atoms with E-state index in [1.165, 1.54) is 14.2 Å². The molecule has 4 rings (SSSR count). The monoisotopic (exact) mass is 439 g/mol. The van der Waals surface area contributed by atoms with Gasteiger partial charge in [-0.25, -0.2) is 4.79 Å². The molecule has 0 saturated heterocycles. The van der Waals surface area contributed by atoms with E-state index in [4.69, 9.17) is 25.8 Å². The number of methoxy groups -OCH3 is 2. The summed E-state index contributed by atoms with van der Waals surface area (Å²) in [6, 6.07) is 10.7. The van der Waals surface area contributed by atoms with Gasteiger partial charge >= 0.3 is 5.97 Å². The molecule has 7 heteroatoms. The minimum atomic E-state index is -0.721. The minimum Gasteiger partial charge on any atom is -0.493 e. The van der Waals surface area contributed by atoms with Crippen LogP contribution in [-0.4, -0.2) is 32.6 Å². The lowest BCUT2D eigenvalue weighted by Gasteiger charge is -2.30. The molecule has 2 aromatic rings. The van der Waals surface area contributed by atoms with Crippen molar-refractivity contribution in [2.75, 3.05) is 20.8 Å². The maximum Gasteiger partial charge on any atom is 0.336 e. The molecular weight excluding hydrogens is 418 g/mol. The number of Topliss-reactive ketones (excluding diaryl/α,β-unsaturated/α-hetero) is 1. The van der Waals surface area contributed by atoms with Gasteiger partial charge in [0.05, 0.1) is 38.0 Å². The van der Waals surface area contributed by atoms with Crippen molar-refractivity contribution in [2.45, 2.75) is 19.8 Å². The topological polar surface area (TPSA) is 73.9 Å². The van der Waals surface area contributed by atoms with Crippen LogP contribution in [0.3, 0.4) is 0 Å². The van der Waals surface area contributed by atoms with Gasteiger partial charge in [-0.2, -0.15) is 0 Å². The van der Waals surface area contributed by atoms with Crippen LogP contribution in [0.2, 0.25) is 5.02 Å². The molecule has 0 spiro atoms. The third-order valence-electron chi connectivity index (χ3n) is 5.55. The molecule has 1 aliphatic heterocycles. The van der Waals surface area contributed by atoms with Gasteiger partial charge in [0.25, 0.3) is 0 Å². The largest absolute Gasteiger partial charge is 0.493 e. The van der Waals surface area contributed by atoms with E-state index in [1.54, 1.807) is 25.1 Å². The highest BCUT2D eigenvalue weighted by Crippen LogP contribution is 2.49. The fourth-order valence-corrected chi connectivity index (χ4v) is 4.48. The van der Waals surface area contributed by atoms with Crippen molar-refractivity contribution in [3.63, 3.8) is 0 Å². The van der Waals surface area contributed by atoms with Crippen molar-refractivity contribution < 1.29 is 23.8 Å². The molecule has 0 radical (unpaired) electrons. The zero-order valence-corrected chi connectivity index (χ0v) is 18.4. The molecule has 31 heavy (non-hydrogen) atoms. The smallest absolute Gasteiger partial charge is 0.336 e. The Hall–Kier alpha value is -3.25. The molecule has 0 fully saturated rings. The van der Waals surface area contributed by atoms with Crippen molar-refractivity contribution in [1.29, 1.82) is 0 Å². The predicted molar refractivity (Wildman–Crippen MR) is 117 cm³/mol. The van der Waals surface area contributed by atoms with Crippen molar-refractivity contribution in [2.24, 2.45) is 0 Å². The Bertz CT molecular complexity index is 1160. The number of allylic oxidation sites excluding steroid dienone is 2. The number of carbonyl (C=O) groups is 2. The van der Waals surface area contributed by atoms with Crippen LogP contribution in [0.25, 0.3) is 5.70 Å². The highest BCUT2D eigenvalue weighted by molar-refractivity contribution is 6.32. The number of carbonyl (C=O) groups excluding carboxylic acids is 2. The fourth-order valence-electron chi connectivity index (χ4n) is 4.22. The SMILES string of the molecule is CCOc1cc([C@@H]2C(C(=O)OC)=C(C)NC3=C2C(=O)c2ccccc23)c(Cl)cc1OC. The van der Waals surface area contributed by atoms with E-state index in [0.29, 0.717) is 56.8 Å². The number of halogens is 1. The molecule has 160 valence electrons. The summed E-state index contributed by atoms with van der Waals surface area (Å²) in [5.74, 6) is -0.451. The number of nitrogens with one attached hydrogen (secondary N) is 1. The van der Waals surface area contributed by atoms with Gasteiger partial charge in [0.1, 0.15) is 0 Å². The fraction of sp³-hybridized carbons (Fsp3) is 0.250. The molecule has 0 bridgehead atoms. The summed E-state index contributed by atoms with van der Waals surface area (Å²) in [7, 11) is 2.84. The van der Waals surface area contributed by atoms with E-state index in [0.717, 1.165) is 5.56 Å². The summed E-state index contributed by atoms with van der Waals surface area (Å²) in [6.07, 6.45) is 0. The predicted octanol–water partition coefficient (Wildman–Crippen LogP) is 4.49. The lowest BCUT2D eigenvalue weighted by Crippen LogP contribution is -2.29. The second kappa shape index (κ2) is 8.12. The number of ketones is 1. The highest BCUT2D eigenvalue weighted by Gasteiger charge is 2.43. The Morgan fingerprint density at radius 3 is 2.48 bits per heavy atom. The summed E-state index contributed by atoms with van der Waals surface area (Å²) in [5, 5.41) is 3.61. The van der Waals surface area contributed by atoms with E-state index in [1.807, 2.05) is 25.1 Å². The van der Waals surface area contributed by atoms with Crippen LogP contribution < -0.4 is 14.8 Å². The number of benzene rings is 2. The van der Waals surface area contributed by atoms with Gasteiger partial charge in [-0.15, -0.1) is 0 Å². The van der Waals surface area contributed by atoms with Gasteiger partial charge < -0.3 is 19.5 Å². The minimum absolute atomic E-state index is 0.151. The van der Waals surface area contributed by atoms with Crippen LogP contribution in [0.15, 0.2) is 53.2 Å². The highest BCUT2D eigenvalue weighted by atomic mass is 35.5. The van der Waals surface area contributed by atoms with Gasteiger partial charge in [0.15, 0.2) is 17.3 Å². The average molecular weight is 440 g/mol. The van der Waals surface area contributed by atoms with Gasteiger partial charge in [-0.1, -0.05) is 35.9 Å². The Morgan fingerprint density at radius 2 is 1.84 bits per heavy atom. The first-order valence-corrected chi connectivity index (χ1v) is 10.2. The Balaban J connectivity index is 1.99. The third-order valence-corrected chi connectivity index (χ3v) is 5.88. The average Bonchev–Trinajstić information content (AvgIpc) is 3.05. The normalized spacial score (nSPS) is 17.2. The lowest BCUT2D eigenvalue weighted by molar-refractivity contribution is -0.136. The quantitative estimate of drug-likeness (QED) is 0.692. The zero-order valence-electron chi connectivity index (χ0n) is 17.7. The molecule has 0 aromatic heterocycles. The molecule has 0 unspecified atom stereocenters. The van der Waals surface area contributed by atoms with E-state index in [9.17, 15) is 9.59 Å². The molecule has 2 aliphatic rings. The van der Waals surface area contributed by atoms with Crippen LogP contribution in [-0.2, 0) is 9.53 Å². The lowest BCUT2D eigenvalue weighted by atomic mass is 9.79. The maximum absolute atomic E-state index is 13.5. The molecule has 0 saturated carbocycles. The molecule has 2 aromatic carbocycles. The summed E-state index contributed by atoms with van der Waals surface area (Å²) in [4.78, 5) is 26.3. The van der Waals surface area contributed by atoms with Crippen LogP contribution in [0.4, 0.5) is 0 Å². The standard InChI is InChI=1S/C24H22ClNO5/c1-5-31-18-10-15(16(25)11-17(18)29-3)20-19(24(28)30-4)12(2)26-22-13-8-6-7-9-14(13)23(27)21(20)22/h6-11,20,26H,5H2,1-4H3/t20-/m1/s1. The first kappa shape index (κ1) is 21.0. The summed E-state index contributed by atoms with van der Waals surface area (Å²) in [5.41, 5.74) is 4.02. The van der Waals surface area contributed by atoms with Gasteiger partial charge in [-0.3, -0.25) is 4.79 Å². The first-order chi connectivity index (χ1) is 14.9. The molecule has 1 aliphatic carbocycles. The number of fused-ring (bicyclic) bond motifs is 2. The van der Waals surface area contributed by atoms with Crippen LogP contribution in [0.1, 0.15) is 41.3 Å². The van der Waals surface area contributed by atoms with E-state index in [2.05, 4.69) is 5.32 Å². The Morgan fingerprint density at radius 1 is 1.13 bits per heavy atom. The number of hydrogen-bond acceptors (Lipinski definition) is 6. The molecule has 1 atom stereocenters. The second-order valence-corrected chi connectivity index (χ2v) is 7.62. The van der Waals surface area contributed by atoms with Crippen molar-refractivity contribution in [3.05, 3.63) is 75.0 Å². The zero-order chi connectivity index (χ0) is 22.3. The molecule has 0 amide bonds. The Labute approximate surface area is 185 Å². The van der Waals surface area contributed by atoms with E-state index < -0.39 is 11.9 Å². The summed E-state index contributed by atoms with van der Waals surface area (Å²) < 4.78 is 16.2. The molecule has 1 heterocycles. The molecule has 6 nitrogen and oxygen atoms in total. The van der Waals surface area contributed by atoms with Gasteiger partial charge in [0.2, 0.25) is 0 Å². The van der Waals surface area contributed by atoms with Gasteiger partial charge in [-0.05, 0) is 25.5 Å². The summed E-state index contributed by atoms with van der Waals surface area (Å²) >= 11 is 6.66. The van der Waals surface area contributed by atoms with Crippen molar-refractivity contribution >= 4 is 29.1 Å². The van der Waals surface area contributed by atoms with Gasteiger partial charge in [0, 0.05) is 33.5 Å². The van der Waals surface area contributed by atoms with Crippen molar-refractivity contribution in [1.82, 2.24) is 5.32 Å². The number of esters is 1. The number of dihydropyridines is 1. The van der Waals surface area contributed by atoms with Crippen molar-refractivity contribution in [3.8, 4) is 11.5 Å². The second-order valence-electron chi connectivity index (χ2n) is 7.21. The van der Waals surface area contributed by atoms with E-state index >= 15 is 0 Å².